The zero-order chi connectivity index (χ0) is 13.3. The van der Waals surface area contributed by atoms with Gasteiger partial charge in [0, 0.05) is 11.0 Å². The molecular formula is C15H19BrN2. The number of rotatable bonds is 3. The lowest BCUT2D eigenvalue weighted by atomic mass is 10.1. The molecule has 0 atom stereocenters. The molecule has 2 aromatic rings. The minimum atomic E-state index is 0.894. The van der Waals surface area contributed by atoms with Crippen molar-refractivity contribution in [2.45, 2.75) is 39.4 Å². The highest BCUT2D eigenvalue weighted by atomic mass is 79.9. The van der Waals surface area contributed by atoms with Crippen LogP contribution in [0.1, 0.15) is 35.0 Å². The van der Waals surface area contributed by atoms with Crippen LogP contribution in [0.3, 0.4) is 0 Å². The van der Waals surface area contributed by atoms with Crippen LogP contribution in [-0.2, 0) is 11.8 Å². The number of aromatic nitrogens is 2. The summed E-state index contributed by atoms with van der Waals surface area (Å²) >= 11 is 3.49. The van der Waals surface area contributed by atoms with Crippen LogP contribution in [0.5, 0.6) is 0 Å². The average molecular weight is 307 g/mol. The Morgan fingerprint density at radius 3 is 2.44 bits per heavy atom. The highest BCUT2D eigenvalue weighted by Gasteiger charge is 2.12. The van der Waals surface area contributed by atoms with Gasteiger partial charge >= 0.3 is 0 Å². The third-order valence-corrected chi connectivity index (χ3v) is 4.09. The van der Waals surface area contributed by atoms with Gasteiger partial charge in [0.2, 0.25) is 0 Å². The first-order chi connectivity index (χ1) is 8.58. The van der Waals surface area contributed by atoms with Gasteiger partial charge in [0.15, 0.2) is 0 Å². The molecule has 0 unspecified atom stereocenters. The second-order valence-electron chi connectivity index (χ2n) is 4.67. The first-order valence-corrected chi connectivity index (χ1v) is 7.41. The van der Waals surface area contributed by atoms with E-state index < -0.39 is 0 Å². The van der Waals surface area contributed by atoms with E-state index in [-0.39, 0.29) is 0 Å². The molecule has 0 amide bonds. The van der Waals surface area contributed by atoms with E-state index >= 15 is 0 Å². The van der Waals surface area contributed by atoms with Gasteiger partial charge in [-0.3, -0.25) is 0 Å². The van der Waals surface area contributed by atoms with Crippen LogP contribution in [-0.4, -0.2) is 9.78 Å². The minimum Gasteiger partial charge on any atom is -0.237 e. The molecule has 0 spiro atoms. The van der Waals surface area contributed by atoms with E-state index in [4.69, 9.17) is 0 Å². The van der Waals surface area contributed by atoms with Gasteiger partial charge in [-0.25, -0.2) is 4.68 Å². The molecule has 0 fully saturated rings. The van der Waals surface area contributed by atoms with Crippen LogP contribution in [0.2, 0.25) is 0 Å². The molecular weight excluding hydrogens is 288 g/mol. The number of halogens is 1. The summed E-state index contributed by atoms with van der Waals surface area (Å²) in [5.74, 6) is 0. The Morgan fingerprint density at radius 2 is 1.94 bits per heavy atom. The molecule has 3 heteroatoms. The Labute approximate surface area is 117 Å². The summed E-state index contributed by atoms with van der Waals surface area (Å²) in [5, 5.41) is 5.57. The molecule has 1 aromatic carbocycles. The van der Waals surface area contributed by atoms with E-state index in [1.165, 1.54) is 28.1 Å². The largest absolute Gasteiger partial charge is 0.237 e. The summed E-state index contributed by atoms with van der Waals surface area (Å²) in [6, 6.07) is 6.52. The van der Waals surface area contributed by atoms with Gasteiger partial charge in [-0.15, -0.1) is 0 Å². The monoisotopic (exact) mass is 306 g/mol. The van der Waals surface area contributed by atoms with Crippen molar-refractivity contribution in [1.29, 1.82) is 0 Å². The summed E-state index contributed by atoms with van der Waals surface area (Å²) in [7, 11) is 0. The molecule has 0 radical (unpaired) electrons. The standard InChI is InChI=1S/C15H19BrN2/c1-5-14-11(3)17-18(12(14)4)15-7-6-13(9-16)8-10(15)2/h6-8H,5,9H2,1-4H3. The summed E-state index contributed by atoms with van der Waals surface area (Å²) in [5.41, 5.74) is 7.50. The Morgan fingerprint density at radius 1 is 1.22 bits per heavy atom. The molecule has 2 nitrogen and oxygen atoms in total. The molecule has 1 heterocycles. The van der Waals surface area contributed by atoms with E-state index in [0.717, 1.165) is 17.4 Å². The Hall–Kier alpha value is -1.09. The van der Waals surface area contributed by atoms with Crippen molar-refractivity contribution in [2.24, 2.45) is 0 Å². The van der Waals surface area contributed by atoms with Crippen LogP contribution in [0.15, 0.2) is 18.2 Å². The van der Waals surface area contributed by atoms with Crippen molar-refractivity contribution in [1.82, 2.24) is 9.78 Å². The lowest BCUT2D eigenvalue weighted by Gasteiger charge is -2.10. The number of alkyl halides is 1. The predicted octanol–water partition coefficient (Wildman–Crippen LogP) is 4.25. The number of hydrogen-bond acceptors (Lipinski definition) is 1. The summed E-state index contributed by atoms with van der Waals surface area (Å²) in [4.78, 5) is 0. The first kappa shape index (κ1) is 13.3. The highest BCUT2D eigenvalue weighted by molar-refractivity contribution is 9.08. The SMILES string of the molecule is CCc1c(C)nn(-c2ccc(CBr)cc2C)c1C. The fourth-order valence-electron chi connectivity index (χ4n) is 2.46. The maximum absolute atomic E-state index is 4.67. The normalized spacial score (nSPS) is 10.9. The molecule has 18 heavy (non-hydrogen) atoms. The fraction of sp³-hybridized carbons (Fsp3) is 0.400. The molecule has 0 N–H and O–H groups in total. The average Bonchev–Trinajstić information content (AvgIpc) is 2.64. The second kappa shape index (κ2) is 5.27. The lowest BCUT2D eigenvalue weighted by molar-refractivity contribution is 0.826. The molecule has 0 saturated heterocycles. The second-order valence-corrected chi connectivity index (χ2v) is 5.23. The third-order valence-electron chi connectivity index (χ3n) is 3.44. The van der Waals surface area contributed by atoms with Crippen molar-refractivity contribution in [3.05, 3.63) is 46.3 Å². The molecule has 0 saturated carbocycles. The van der Waals surface area contributed by atoms with E-state index in [1.807, 2.05) is 0 Å². The van der Waals surface area contributed by atoms with E-state index in [2.05, 4.69) is 71.6 Å². The van der Waals surface area contributed by atoms with Crippen molar-refractivity contribution < 1.29 is 0 Å². The van der Waals surface area contributed by atoms with E-state index in [1.54, 1.807) is 0 Å². The van der Waals surface area contributed by atoms with Crippen LogP contribution >= 0.6 is 15.9 Å². The zero-order valence-corrected chi connectivity index (χ0v) is 13.0. The van der Waals surface area contributed by atoms with Crippen molar-refractivity contribution >= 4 is 15.9 Å². The van der Waals surface area contributed by atoms with Gasteiger partial charge in [-0.1, -0.05) is 35.0 Å². The molecule has 0 aliphatic carbocycles. The summed E-state index contributed by atoms with van der Waals surface area (Å²) in [6.45, 7) is 8.56. The lowest BCUT2D eigenvalue weighted by Crippen LogP contribution is -2.02. The molecule has 1 aromatic heterocycles. The topological polar surface area (TPSA) is 17.8 Å². The number of benzene rings is 1. The zero-order valence-electron chi connectivity index (χ0n) is 11.4. The minimum absolute atomic E-state index is 0.894. The number of hydrogen-bond donors (Lipinski definition) is 0. The van der Waals surface area contributed by atoms with Gasteiger partial charge < -0.3 is 0 Å². The van der Waals surface area contributed by atoms with Gasteiger partial charge in [-0.05, 0) is 49.9 Å². The van der Waals surface area contributed by atoms with Crippen LogP contribution in [0.4, 0.5) is 0 Å². The first-order valence-electron chi connectivity index (χ1n) is 6.29. The highest BCUT2D eigenvalue weighted by Crippen LogP contribution is 2.22. The molecule has 96 valence electrons. The molecule has 0 aliphatic heterocycles. The Bertz CT molecular complexity index is 570. The van der Waals surface area contributed by atoms with Crippen molar-refractivity contribution in [3.63, 3.8) is 0 Å². The van der Waals surface area contributed by atoms with Gasteiger partial charge in [-0.2, -0.15) is 5.10 Å². The van der Waals surface area contributed by atoms with Gasteiger partial charge in [0.05, 0.1) is 11.4 Å². The quantitative estimate of drug-likeness (QED) is 0.775. The summed E-state index contributed by atoms with van der Waals surface area (Å²) in [6.07, 6.45) is 1.04. The molecule has 0 bridgehead atoms. The number of nitrogens with zero attached hydrogens (tertiary/aromatic N) is 2. The van der Waals surface area contributed by atoms with Crippen LogP contribution in [0, 0.1) is 20.8 Å². The maximum atomic E-state index is 4.67. The Balaban J connectivity index is 2.55. The fourth-order valence-corrected chi connectivity index (χ4v) is 2.81. The molecule has 2 rings (SSSR count). The molecule has 0 aliphatic rings. The van der Waals surface area contributed by atoms with E-state index in [9.17, 15) is 0 Å². The van der Waals surface area contributed by atoms with Crippen LogP contribution < -0.4 is 0 Å². The van der Waals surface area contributed by atoms with Crippen molar-refractivity contribution in [2.75, 3.05) is 0 Å². The van der Waals surface area contributed by atoms with Crippen LogP contribution in [0.25, 0.3) is 5.69 Å². The van der Waals surface area contributed by atoms with E-state index in [0.29, 0.717) is 0 Å². The number of aryl methyl sites for hydroxylation is 2. The summed E-state index contributed by atoms with van der Waals surface area (Å²) < 4.78 is 2.07. The smallest absolute Gasteiger partial charge is 0.0678 e. The van der Waals surface area contributed by atoms with Gasteiger partial charge in [0.25, 0.3) is 0 Å². The van der Waals surface area contributed by atoms with Crippen molar-refractivity contribution in [3.8, 4) is 5.69 Å². The Kier molecular flexibility index (Phi) is 3.91. The van der Waals surface area contributed by atoms with Gasteiger partial charge in [0.1, 0.15) is 0 Å². The maximum Gasteiger partial charge on any atom is 0.0678 e. The third kappa shape index (κ3) is 2.24. The predicted molar refractivity (Wildman–Crippen MR) is 79.8 cm³/mol.